The maximum absolute atomic E-state index is 12.5. The number of imidazole rings is 1. The molecule has 0 radical (unpaired) electrons. The molecule has 0 fully saturated rings. The van der Waals surface area contributed by atoms with Crippen LogP contribution in [0, 0.1) is 0 Å². The van der Waals surface area contributed by atoms with Crippen molar-refractivity contribution in [2.75, 3.05) is 0 Å². The fourth-order valence-electron chi connectivity index (χ4n) is 2.49. The number of carbonyl (C=O) groups excluding carboxylic acids is 1. The molecule has 1 atom stereocenters. The lowest BCUT2D eigenvalue weighted by Gasteiger charge is -2.19. The van der Waals surface area contributed by atoms with E-state index in [-0.39, 0.29) is 9.70 Å². The molecular weight excluding hydrogens is 459 g/mol. The number of benzene rings is 2. The van der Waals surface area contributed by atoms with Crippen LogP contribution < -0.4 is 0 Å². The van der Waals surface area contributed by atoms with Gasteiger partial charge < -0.3 is 8.75 Å². The van der Waals surface area contributed by atoms with Crippen molar-refractivity contribution in [2.45, 2.75) is 18.4 Å². The van der Waals surface area contributed by atoms with Gasteiger partial charge in [-0.05, 0) is 17.7 Å². The third-order valence-electron chi connectivity index (χ3n) is 3.74. The van der Waals surface area contributed by atoms with Crippen molar-refractivity contribution in [1.29, 1.82) is 0 Å². The zero-order valence-corrected chi connectivity index (χ0v) is 18.3. The van der Waals surface area contributed by atoms with Gasteiger partial charge in [0.25, 0.3) is 4.45 Å². The Morgan fingerprint density at radius 3 is 2.50 bits per heavy atom. The summed E-state index contributed by atoms with van der Waals surface area (Å²) in [5.41, 5.74) is 1.65. The fourth-order valence-corrected chi connectivity index (χ4v) is 5.49. The predicted octanol–water partition coefficient (Wildman–Crippen LogP) is 7.30. The summed E-state index contributed by atoms with van der Waals surface area (Å²) >= 11 is 20.7. The van der Waals surface area contributed by atoms with E-state index in [0.717, 1.165) is 29.4 Å². The SMILES string of the molecule is O=C(SOCc1ccccc1)SC(Cn1ccnc1)c1c(Cl)cc(Cl)cc1Cl. The second-order valence-corrected chi connectivity index (χ2v) is 9.19. The highest BCUT2D eigenvalue weighted by atomic mass is 35.5. The number of thioether (sulfide) groups is 1. The summed E-state index contributed by atoms with van der Waals surface area (Å²) in [5, 5.41) is 0.944. The smallest absolute Gasteiger partial charge is 0.273 e. The van der Waals surface area contributed by atoms with Gasteiger partial charge in [-0.15, -0.1) is 0 Å². The highest BCUT2D eigenvalue weighted by Gasteiger charge is 2.24. The van der Waals surface area contributed by atoms with Crippen LogP contribution in [0.4, 0.5) is 4.79 Å². The summed E-state index contributed by atoms with van der Waals surface area (Å²) in [4.78, 5) is 16.5. The van der Waals surface area contributed by atoms with Gasteiger partial charge in [0.1, 0.15) is 0 Å². The molecular formula is C19H15Cl3N2O2S2. The van der Waals surface area contributed by atoms with Crippen molar-refractivity contribution >= 4 is 63.1 Å². The number of hydrogen-bond acceptors (Lipinski definition) is 5. The molecule has 0 saturated carbocycles. The first-order chi connectivity index (χ1) is 13.5. The highest BCUT2D eigenvalue weighted by molar-refractivity contribution is 8.36. The number of nitrogens with zero attached hydrogens (tertiary/aromatic N) is 2. The van der Waals surface area contributed by atoms with E-state index >= 15 is 0 Å². The number of rotatable bonds is 7. The standard InChI is InChI=1S/C19H15Cl3N2O2S2/c20-14-8-15(21)18(16(22)9-14)17(10-24-7-6-23-12-24)27-19(25)28-26-11-13-4-2-1-3-5-13/h1-9,12,17H,10-11H2. The molecule has 9 heteroatoms. The van der Waals surface area contributed by atoms with Crippen LogP contribution in [0.1, 0.15) is 16.4 Å². The molecule has 1 heterocycles. The molecule has 0 spiro atoms. The fraction of sp³-hybridized carbons (Fsp3) is 0.158. The van der Waals surface area contributed by atoms with E-state index in [4.69, 9.17) is 39.0 Å². The Balaban J connectivity index is 1.69. The van der Waals surface area contributed by atoms with Gasteiger partial charge in [0.2, 0.25) is 0 Å². The maximum Gasteiger partial charge on any atom is 0.273 e. The highest BCUT2D eigenvalue weighted by Crippen LogP contribution is 2.43. The lowest BCUT2D eigenvalue weighted by Crippen LogP contribution is -2.08. The van der Waals surface area contributed by atoms with Crippen LogP contribution in [-0.2, 0) is 17.3 Å². The third kappa shape index (κ3) is 6.17. The molecule has 1 unspecified atom stereocenters. The van der Waals surface area contributed by atoms with Gasteiger partial charge in [0.15, 0.2) is 0 Å². The molecule has 1 aromatic heterocycles. The number of halogens is 3. The molecule has 0 aliphatic carbocycles. The van der Waals surface area contributed by atoms with Crippen molar-refractivity contribution in [2.24, 2.45) is 0 Å². The van der Waals surface area contributed by atoms with E-state index in [2.05, 4.69) is 4.98 Å². The average Bonchev–Trinajstić information content (AvgIpc) is 3.14. The quantitative estimate of drug-likeness (QED) is 0.337. The lowest BCUT2D eigenvalue weighted by molar-refractivity contribution is 0.273. The Morgan fingerprint density at radius 2 is 1.86 bits per heavy atom. The van der Waals surface area contributed by atoms with E-state index in [1.165, 1.54) is 0 Å². The van der Waals surface area contributed by atoms with E-state index in [9.17, 15) is 4.79 Å². The molecule has 146 valence electrons. The first kappa shape index (κ1) is 21.6. The summed E-state index contributed by atoms with van der Waals surface area (Å²) in [6.45, 7) is 0.809. The molecule has 0 bridgehead atoms. The van der Waals surface area contributed by atoms with E-state index in [1.807, 2.05) is 41.1 Å². The Labute approximate surface area is 186 Å². The molecule has 2 aromatic carbocycles. The van der Waals surface area contributed by atoms with Gasteiger partial charge in [-0.3, -0.25) is 4.79 Å². The molecule has 3 rings (SSSR count). The van der Waals surface area contributed by atoms with Crippen LogP contribution in [0.25, 0.3) is 0 Å². The second kappa shape index (κ2) is 10.6. The monoisotopic (exact) mass is 472 g/mol. The minimum absolute atomic E-state index is 0.192. The van der Waals surface area contributed by atoms with E-state index < -0.39 is 0 Å². The zero-order valence-electron chi connectivity index (χ0n) is 14.4. The van der Waals surface area contributed by atoms with Crippen LogP contribution in [-0.4, -0.2) is 14.0 Å². The van der Waals surface area contributed by atoms with E-state index in [1.54, 1.807) is 24.7 Å². The predicted molar refractivity (Wildman–Crippen MR) is 118 cm³/mol. The molecule has 28 heavy (non-hydrogen) atoms. The summed E-state index contributed by atoms with van der Waals surface area (Å²) in [6.07, 6.45) is 5.16. The summed E-state index contributed by atoms with van der Waals surface area (Å²) in [7, 11) is 0. The molecule has 0 amide bonds. The lowest BCUT2D eigenvalue weighted by atomic mass is 10.1. The van der Waals surface area contributed by atoms with E-state index in [0.29, 0.717) is 33.8 Å². The molecule has 4 nitrogen and oxygen atoms in total. The van der Waals surface area contributed by atoms with Gasteiger partial charge in [0.05, 0.1) is 30.2 Å². The topological polar surface area (TPSA) is 44.1 Å². The first-order valence-corrected chi connectivity index (χ1v) is 10.9. The van der Waals surface area contributed by atoms with Gasteiger partial charge >= 0.3 is 0 Å². The minimum atomic E-state index is -0.327. The molecule has 0 saturated heterocycles. The summed E-state index contributed by atoms with van der Waals surface area (Å²) in [5.74, 6) is 0. The minimum Gasteiger partial charge on any atom is -0.336 e. The first-order valence-electron chi connectivity index (χ1n) is 8.17. The van der Waals surface area contributed by atoms with Gasteiger partial charge in [-0.25, -0.2) is 4.98 Å². The van der Waals surface area contributed by atoms with Crippen LogP contribution in [0.3, 0.4) is 0 Å². The Kier molecular flexibility index (Phi) is 8.14. The van der Waals surface area contributed by atoms with Crippen molar-refractivity contribution in [3.63, 3.8) is 0 Å². The normalized spacial score (nSPS) is 12.1. The Morgan fingerprint density at radius 1 is 1.14 bits per heavy atom. The van der Waals surface area contributed by atoms with Gasteiger partial charge in [0, 0.05) is 39.6 Å². The van der Waals surface area contributed by atoms with Crippen molar-refractivity contribution in [3.8, 4) is 0 Å². The molecule has 0 aliphatic heterocycles. The third-order valence-corrected chi connectivity index (χ3v) is 6.31. The number of hydrogen-bond donors (Lipinski definition) is 0. The zero-order chi connectivity index (χ0) is 19.9. The Hall–Kier alpha value is -1.15. The maximum atomic E-state index is 12.5. The largest absolute Gasteiger partial charge is 0.336 e. The molecule has 0 N–H and O–H groups in total. The van der Waals surface area contributed by atoms with Gasteiger partial charge in [-0.1, -0.05) is 76.9 Å². The van der Waals surface area contributed by atoms with Crippen LogP contribution >= 0.6 is 58.6 Å². The average molecular weight is 474 g/mol. The van der Waals surface area contributed by atoms with Gasteiger partial charge in [-0.2, -0.15) is 0 Å². The molecule has 3 aromatic rings. The second-order valence-electron chi connectivity index (χ2n) is 5.73. The van der Waals surface area contributed by atoms with Crippen LogP contribution in [0.2, 0.25) is 15.1 Å². The Bertz CT molecular complexity index is 901. The summed E-state index contributed by atoms with van der Waals surface area (Å²) < 4.78 is 7.14. The summed E-state index contributed by atoms with van der Waals surface area (Å²) in [6, 6.07) is 12.9. The van der Waals surface area contributed by atoms with Crippen LogP contribution in [0.5, 0.6) is 0 Å². The van der Waals surface area contributed by atoms with Crippen LogP contribution in [0.15, 0.2) is 61.2 Å². The number of carbonyl (C=O) groups is 1. The molecule has 0 aliphatic rings. The van der Waals surface area contributed by atoms with Crippen molar-refractivity contribution in [1.82, 2.24) is 9.55 Å². The van der Waals surface area contributed by atoms with Crippen molar-refractivity contribution in [3.05, 3.63) is 87.4 Å². The number of aromatic nitrogens is 2. The van der Waals surface area contributed by atoms with Crippen molar-refractivity contribution < 1.29 is 8.98 Å².